The van der Waals surface area contributed by atoms with E-state index < -0.39 is 10.0 Å². The number of hydrogen-bond acceptors (Lipinski definition) is 3. The van der Waals surface area contributed by atoms with Gasteiger partial charge >= 0.3 is 0 Å². The van der Waals surface area contributed by atoms with Crippen molar-refractivity contribution < 1.29 is 8.42 Å². The van der Waals surface area contributed by atoms with Gasteiger partial charge in [-0.1, -0.05) is 36.4 Å². The molecule has 0 atom stereocenters. The van der Waals surface area contributed by atoms with E-state index in [1.807, 2.05) is 30.3 Å². The van der Waals surface area contributed by atoms with Crippen LogP contribution in [-0.2, 0) is 16.4 Å². The smallest absolute Gasteiger partial charge is 0.238 e. The molecule has 0 aliphatic heterocycles. The van der Waals surface area contributed by atoms with Crippen LogP contribution in [-0.4, -0.2) is 15.0 Å². The largest absolute Gasteiger partial charge is 0.330 e. The van der Waals surface area contributed by atoms with Crippen LogP contribution in [0.2, 0.25) is 0 Å². The molecular weight excluding hydrogens is 296 g/mol. The summed E-state index contributed by atoms with van der Waals surface area (Å²) in [6, 6.07) is 14.5. The Bertz CT molecular complexity index is 670. The maximum Gasteiger partial charge on any atom is 0.238 e. The third kappa shape index (κ3) is 4.05. The highest BCUT2D eigenvalue weighted by Gasteiger charge is 2.08. The summed E-state index contributed by atoms with van der Waals surface area (Å²) in [7, 11) is -3.67. The number of nitrogens with two attached hydrogens (primary N) is 2. The molecule has 0 aliphatic rings. The van der Waals surface area contributed by atoms with Crippen LogP contribution in [0.4, 0.5) is 0 Å². The van der Waals surface area contributed by atoms with Crippen molar-refractivity contribution in [3.8, 4) is 11.1 Å². The van der Waals surface area contributed by atoms with Gasteiger partial charge in [-0.2, -0.15) is 0 Å². The summed E-state index contributed by atoms with van der Waals surface area (Å²) in [5.74, 6) is 0. The van der Waals surface area contributed by atoms with Crippen LogP contribution in [0.25, 0.3) is 11.1 Å². The van der Waals surface area contributed by atoms with Gasteiger partial charge in [0.1, 0.15) is 0 Å². The van der Waals surface area contributed by atoms with Crippen molar-refractivity contribution in [3.63, 3.8) is 0 Å². The lowest BCUT2D eigenvalue weighted by Gasteiger charge is -2.05. The molecule has 0 heterocycles. The van der Waals surface area contributed by atoms with Gasteiger partial charge in [0.05, 0.1) is 4.90 Å². The Morgan fingerprint density at radius 3 is 2.15 bits per heavy atom. The van der Waals surface area contributed by atoms with Crippen molar-refractivity contribution >= 4 is 22.4 Å². The molecule has 20 heavy (non-hydrogen) atoms. The minimum atomic E-state index is -3.67. The van der Waals surface area contributed by atoms with Gasteiger partial charge in [0.15, 0.2) is 0 Å². The summed E-state index contributed by atoms with van der Waals surface area (Å²) in [4.78, 5) is 0.121. The molecule has 2 aromatic carbocycles. The first kappa shape index (κ1) is 16.7. The lowest BCUT2D eigenvalue weighted by Crippen LogP contribution is -2.11. The lowest BCUT2D eigenvalue weighted by molar-refractivity contribution is 0.598. The monoisotopic (exact) mass is 312 g/mol. The van der Waals surface area contributed by atoms with Gasteiger partial charge in [-0.25, -0.2) is 13.6 Å². The highest BCUT2D eigenvalue weighted by molar-refractivity contribution is 7.89. The molecule has 108 valence electrons. The molecule has 0 aromatic heterocycles. The van der Waals surface area contributed by atoms with Crippen molar-refractivity contribution in [3.05, 3.63) is 54.1 Å². The minimum absolute atomic E-state index is 0. The summed E-state index contributed by atoms with van der Waals surface area (Å²) in [6.45, 7) is 0.611. The SMILES string of the molecule is Cl.NCCc1ccc(-c2cccc(S(N)(=O)=O)c2)cc1. The van der Waals surface area contributed by atoms with Gasteiger partial charge in [0, 0.05) is 0 Å². The predicted molar refractivity (Wildman–Crippen MR) is 83.3 cm³/mol. The third-order valence-electron chi connectivity index (χ3n) is 2.88. The zero-order chi connectivity index (χ0) is 13.9. The Morgan fingerprint density at radius 1 is 0.950 bits per heavy atom. The zero-order valence-corrected chi connectivity index (χ0v) is 12.5. The standard InChI is InChI=1S/C14H16N2O2S.ClH/c15-9-8-11-4-6-12(7-5-11)13-2-1-3-14(10-13)19(16,17)18;/h1-7,10H,8-9,15H2,(H2,16,17,18);1H. The van der Waals surface area contributed by atoms with E-state index >= 15 is 0 Å². The fourth-order valence-corrected chi connectivity index (χ4v) is 2.44. The van der Waals surface area contributed by atoms with E-state index in [4.69, 9.17) is 10.9 Å². The Morgan fingerprint density at radius 2 is 1.60 bits per heavy atom. The van der Waals surface area contributed by atoms with E-state index in [0.717, 1.165) is 23.1 Å². The Labute approximate surface area is 125 Å². The topological polar surface area (TPSA) is 86.2 Å². The summed E-state index contributed by atoms with van der Waals surface area (Å²) < 4.78 is 22.6. The summed E-state index contributed by atoms with van der Waals surface area (Å²) in [5.41, 5.74) is 8.43. The van der Waals surface area contributed by atoms with E-state index in [0.29, 0.717) is 6.54 Å². The maximum absolute atomic E-state index is 11.3. The van der Waals surface area contributed by atoms with Gasteiger partial charge in [-0.3, -0.25) is 0 Å². The molecule has 0 amide bonds. The second-order valence-corrected chi connectivity index (χ2v) is 5.87. The van der Waals surface area contributed by atoms with Crippen LogP contribution in [0.3, 0.4) is 0 Å². The fraction of sp³-hybridized carbons (Fsp3) is 0.143. The molecule has 4 N–H and O–H groups in total. The molecule has 2 rings (SSSR count). The van der Waals surface area contributed by atoms with Crippen LogP contribution < -0.4 is 10.9 Å². The Hall–Kier alpha value is -1.40. The van der Waals surface area contributed by atoms with Crippen molar-refractivity contribution in [1.29, 1.82) is 0 Å². The van der Waals surface area contributed by atoms with Gasteiger partial charge in [-0.15, -0.1) is 12.4 Å². The second-order valence-electron chi connectivity index (χ2n) is 4.31. The number of primary sulfonamides is 1. The molecular formula is C14H17ClN2O2S. The molecule has 0 spiro atoms. The molecule has 2 aromatic rings. The molecule has 6 heteroatoms. The van der Waals surface area contributed by atoms with E-state index in [1.54, 1.807) is 12.1 Å². The first-order valence-corrected chi connectivity index (χ1v) is 7.47. The number of hydrogen-bond donors (Lipinski definition) is 2. The van der Waals surface area contributed by atoms with Crippen molar-refractivity contribution in [2.45, 2.75) is 11.3 Å². The van der Waals surface area contributed by atoms with Gasteiger partial charge in [0.2, 0.25) is 10.0 Å². The first-order valence-electron chi connectivity index (χ1n) is 5.93. The lowest BCUT2D eigenvalue weighted by atomic mass is 10.0. The van der Waals surface area contributed by atoms with Crippen LogP contribution in [0.15, 0.2) is 53.4 Å². The van der Waals surface area contributed by atoms with Crippen molar-refractivity contribution in [2.75, 3.05) is 6.54 Å². The van der Waals surface area contributed by atoms with E-state index in [2.05, 4.69) is 0 Å². The van der Waals surface area contributed by atoms with E-state index in [1.165, 1.54) is 6.07 Å². The van der Waals surface area contributed by atoms with E-state index in [-0.39, 0.29) is 17.3 Å². The highest BCUT2D eigenvalue weighted by atomic mass is 35.5. The molecule has 0 unspecified atom stereocenters. The van der Waals surface area contributed by atoms with Gasteiger partial charge < -0.3 is 5.73 Å². The average molecular weight is 313 g/mol. The second kappa shape index (κ2) is 6.85. The normalized spacial score (nSPS) is 10.9. The third-order valence-corrected chi connectivity index (χ3v) is 3.79. The quantitative estimate of drug-likeness (QED) is 0.904. The molecule has 0 radical (unpaired) electrons. The number of rotatable bonds is 4. The summed E-state index contributed by atoms with van der Waals surface area (Å²) in [6.07, 6.45) is 0.831. The number of halogens is 1. The fourth-order valence-electron chi connectivity index (χ4n) is 1.88. The highest BCUT2D eigenvalue weighted by Crippen LogP contribution is 2.22. The molecule has 0 aliphatic carbocycles. The van der Waals surface area contributed by atoms with E-state index in [9.17, 15) is 8.42 Å². The minimum Gasteiger partial charge on any atom is -0.330 e. The van der Waals surface area contributed by atoms with Gasteiger partial charge in [0.25, 0.3) is 0 Å². The molecule has 0 bridgehead atoms. The summed E-state index contributed by atoms with van der Waals surface area (Å²) >= 11 is 0. The van der Waals surface area contributed by atoms with Crippen LogP contribution in [0, 0.1) is 0 Å². The average Bonchev–Trinajstić information content (AvgIpc) is 2.39. The Kier molecular flexibility index (Phi) is 5.71. The van der Waals surface area contributed by atoms with Crippen LogP contribution in [0.1, 0.15) is 5.56 Å². The number of benzene rings is 2. The Balaban J connectivity index is 0.00000200. The predicted octanol–water partition coefficient (Wildman–Crippen LogP) is 1.92. The zero-order valence-electron chi connectivity index (χ0n) is 10.8. The molecule has 0 saturated heterocycles. The van der Waals surface area contributed by atoms with Crippen molar-refractivity contribution in [2.24, 2.45) is 10.9 Å². The molecule has 4 nitrogen and oxygen atoms in total. The van der Waals surface area contributed by atoms with Crippen LogP contribution in [0.5, 0.6) is 0 Å². The van der Waals surface area contributed by atoms with Gasteiger partial charge in [-0.05, 0) is 41.8 Å². The molecule has 0 fully saturated rings. The van der Waals surface area contributed by atoms with Crippen LogP contribution >= 0.6 is 12.4 Å². The van der Waals surface area contributed by atoms with Crippen molar-refractivity contribution in [1.82, 2.24) is 0 Å². The molecule has 0 saturated carbocycles. The summed E-state index contributed by atoms with van der Waals surface area (Å²) in [5, 5.41) is 5.13. The maximum atomic E-state index is 11.3. The number of sulfonamides is 1. The first-order chi connectivity index (χ1) is 9.00.